The molecule has 16 atom stereocenters. The number of primary amides is 2. The second-order valence-corrected chi connectivity index (χ2v) is 60.2. The number of carbonyl (C=O) groups excluding carboxylic acids is 5. The highest BCUT2D eigenvalue weighted by atomic mass is 32.2. The van der Waals surface area contributed by atoms with E-state index in [9.17, 15) is 45.9 Å². The minimum absolute atomic E-state index is 0.00546. The average Bonchev–Trinajstić information content (AvgIpc) is 0.691. The van der Waals surface area contributed by atoms with Crippen LogP contribution in [0.4, 0.5) is 9.59 Å². The van der Waals surface area contributed by atoms with Crippen LogP contribution in [0, 0.1) is 253 Å². The molecule has 32 saturated carbocycles. The first-order valence-electron chi connectivity index (χ1n) is 56.9. The molecular formula is C114H195N9O11S2. The SMILES string of the molecule is CC(=O)NC12CC3CC(C1)C(C(C)C)C(C3)C2.CC(C)C1C2CC3CC1CC(C(N)=O)(C3)C2.CC(C)C1C2CC3CC1CC(CO)(C3)C2.CC(C)C1C2CC3CC1CC(NC(N)=O)(C3)C2.CC(C)C1C2CC3CC1CC(NS(C)(=O)=O)(C3)C2.CC(C)C1C2CC3CC1CC(NS(N)(=O)=O)(C3)C2.CNC(=O)C12CC3CC(C1)C(C(C)C)C(C3)C2.COC(=O)NC12CC3CC(C1)C(C(C)C)C(C3)C2. The lowest BCUT2D eigenvalue weighted by atomic mass is 9.44. The van der Waals surface area contributed by atoms with Gasteiger partial charge in [0.2, 0.25) is 27.7 Å². The molecule has 0 aromatic heterocycles. The Hall–Kier alpha value is -3.31. The zero-order valence-corrected chi connectivity index (χ0v) is 90.3. The number of methoxy groups -OCH3 is 1. The normalized spacial score (nSPS) is 47.9. The molecule has 0 aromatic carbocycles. The fourth-order valence-corrected chi connectivity index (χ4v) is 46.6. The number of carbonyl (C=O) groups is 5. The Labute approximate surface area is 825 Å². The highest BCUT2D eigenvalue weighted by molar-refractivity contribution is 7.88. The maximum Gasteiger partial charge on any atom is 0.407 e. The molecule has 32 rings (SSSR count). The number of nitrogens with two attached hydrogens (primary N) is 3. The Morgan fingerprint density at radius 2 is 0.551 bits per heavy atom. The molecule has 0 spiro atoms. The number of ether oxygens (including phenoxy) is 1. The van der Waals surface area contributed by atoms with E-state index in [1.807, 2.05) is 0 Å². The minimum atomic E-state index is -3.57. The topological polar surface area (TPSA) is 333 Å². The van der Waals surface area contributed by atoms with E-state index in [-0.39, 0.29) is 62.5 Å². The molecule has 20 nitrogen and oxygen atoms in total. The largest absolute Gasteiger partial charge is 0.453 e. The second kappa shape index (κ2) is 39.2. The van der Waals surface area contributed by atoms with Gasteiger partial charge in [-0.3, -0.25) is 14.4 Å². The standard InChI is InChI=1S/C15H25NO2.2C15H25NO.C14H24N2O.C14H25NO2S.C14H23NO.C14H24O.C13H24N2O2S/c1-9(2)13-11-4-10-5-12(13)8-15(6-10,7-11)16-14(17)18-3;1-9(2)13-11-4-10-5-12(13)8-15(6-10,7-11)14(17)16-3;1-9(2)14-12-4-11-5-13(14)8-15(6-11,7-12)16-10(3)17;1-8(2)12-10-3-9-4-11(12)7-14(5-9,6-10)16-13(15)17;1-9(2)13-11-4-10-5-12(13)8-14(6-10,7-11)15-18(3,16)17;1-8(2)12-10-3-9-4-11(12)7-14(5-9,6-10)13(15)16;1-9(2)13-11-3-10-4-12(13)7-14(5-10,6-11)8-15;1-8(2)12-10-3-9-4-11(12)7-13(5-9,6-10)15-18(14,16)17/h9-13H,4-8H2,1-3H3,(H,16,17);9-13H,4-8H2,1-3H3,(H,16,17);9,11-14H,4-8H2,1-3H3,(H,16,17);8-12H,3-7H2,1-2H3,(H3,15,16,17);9-13,15H,4-8H2,1-3H3;8-12H,3-7H2,1-2H3,(H2,15,16);9-13,15H,3-8H2,1-2H3;8-12,15H,3-7H2,1-2H3,(H2,14,16,17). The number of sulfonamides is 1. The number of rotatable bonds is 18. The van der Waals surface area contributed by atoms with Crippen molar-refractivity contribution < 1.29 is 50.7 Å². The Morgan fingerprint density at radius 1 is 0.324 bits per heavy atom. The molecule has 22 heteroatoms. The van der Waals surface area contributed by atoms with E-state index in [2.05, 4.69) is 141 Å². The molecule has 32 aliphatic carbocycles. The lowest BCUT2D eigenvalue weighted by molar-refractivity contribution is -0.155. The number of hydrogen-bond acceptors (Lipinski definition) is 11. The van der Waals surface area contributed by atoms with Gasteiger partial charge < -0.3 is 42.6 Å². The molecule has 136 heavy (non-hydrogen) atoms. The lowest BCUT2D eigenvalue weighted by Gasteiger charge is -2.61. The highest BCUT2D eigenvalue weighted by Crippen LogP contribution is 2.70. The van der Waals surface area contributed by atoms with Crippen LogP contribution >= 0.6 is 0 Å². The number of nitrogens with one attached hydrogen (secondary N) is 6. The molecule has 16 unspecified atom stereocenters. The van der Waals surface area contributed by atoms with Crippen LogP contribution in [-0.2, 0) is 39.4 Å². The third-order valence-corrected chi connectivity index (χ3v) is 46.3. The summed E-state index contributed by atoms with van der Waals surface area (Å²) in [5.74, 6) is 33.6. The van der Waals surface area contributed by atoms with E-state index < -0.39 is 20.2 Å². The van der Waals surface area contributed by atoms with Crippen molar-refractivity contribution in [3.8, 4) is 0 Å². The van der Waals surface area contributed by atoms with Crippen molar-refractivity contribution >= 4 is 50.1 Å². The van der Waals surface area contributed by atoms with Crippen LogP contribution < -0.4 is 47.3 Å². The van der Waals surface area contributed by atoms with Gasteiger partial charge >= 0.3 is 12.1 Å². The number of alkyl carbamates (subject to hydrolysis) is 1. The maximum atomic E-state index is 12.2. The highest BCUT2D eigenvalue weighted by Gasteiger charge is 2.66. The summed E-state index contributed by atoms with van der Waals surface area (Å²) in [5, 5.41) is 27.4. The first-order chi connectivity index (χ1) is 63.8. The minimum Gasteiger partial charge on any atom is -0.453 e. The molecule has 774 valence electrons. The molecule has 0 aliphatic heterocycles. The second-order valence-electron chi connectivity index (χ2n) is 57.2. The monoisotopic (exact) mass is 1930 g/mol. The van der Waals surface area contributed by atoms with E-state index in [1.54, 1.807) is 14.0 Å². The molecule has 32 aliphatic rings. The third kappa shape index (κ3) is 21.1. The summed E-state index contributed by atoms with van der Waals surface area (Å²) >= 11 is 0. The van der Waals surface area contributed by atoms with E-state index in [1.165, 1.54) is 212 Å². The predicted octanol–water partition coefficient (Wildman–Crippen LogP) is 21.2. The Morgan fingerprint density at radius 3 is 0.794 bits per heavy atom. The van der Waals surface area contributed by atoms with Gasteiger partial charge in [0.25, 0.3) is 10.2 Å². The van der Waals surface area contributed by atoms with Gasteiger partial charge in [-0.05, 0) is 499 Å². The van der Waals surface area contributed by atoms with Crippen molar-refractivity contribution in [3.05, 3.63) is 0 Å². The zero-order chi connectivity index (χ0) is 97.9. The molecular weight excluding hydrogens is 1740 g/mol. The van der Waals surface area contributed by atoms with Gasteiger partial charge in [0.1, 0.15) is 0 Å². The quantitative estimate of drug-likeness (QED) is 0.0615. The van der Waals surface area contributed by atoms with Crippen LogP contribution in [0.1, 0.15) is 375 Å². The first-order valence-corrected chi connectivity index (χ1v) is 60.4. The lowest BCUT2D eigenvalue weighted by Crippen LogP contribution is -2.63. The van der Waals surface area contributed by atoms with Gasteiger partial charge in [0, 0.05) is 59.1 Å². The Balaban J connectivity index is 0.000000108. The van der Waals surface area contributed by atoms with Gasteiger partial charge in [-0.2, -0.15) is 13.1 Å². The van der Waals surface area contributed by atoms with Crippen molar-refractivity contribution in [2.75, 3.05) is 27.0 Å². The fraction of sp³-hybridized carbons (Fsp3) is 0.956. The zero-order valence-electron chi connectivity index (χ0n) is 88.7. The van der Waals surface area contributed by atoms with Gasteiger partial charge in [-0.25, -0.2) is 27.9 Å². The molecule has 13 N–H and O–H groups in total. The third-order valence-electron chi connectivity index (χ3n) is 44.8. The van der Waals surface area contributed by atoms with Crippen molar-refractivity contribution in [1.82, 2.24) is 30.7 Å². The summed E-state index contributed by atoms with van der Waals surface area (Å²) in [5.41, 5.74) is 11.3. The summed E-state index contributed by atoms with van der Waals surface area (Å²) in [4.78, 5) is 58.2. The van der Waals surface area contributed by atoms with Crippen LogP contribution in [0.2, 0.25) is 0 Å². The van der Waals surface area contributed by atoms with Crippen molar-refractivity contribution in [2.45, 2.75) is 402 Å². The Kier molecular flexibility index (Phi) is 30.0. The van der Waals surface area contributed by atoms with Crippen LogP contribution in [0.5, 0.6) is 0 Å². The molecule has 0 saturated heterocycles. The van der Waals surface area contributed by atoms with Crippen molar-refractivity contribution in [3.63, 3.8) is 0 Å². The van der Waals surface area contributed by atoms with E-state index in [0.29, 0.717) is 41.6 Å². The molecule has 0 heterocycles. The molecule has 0 radical (unpaired) electrons. The summed E-state index contributed by atoms with van der Waals surface area (Å²) < 4.78 is 56.6. The van der Waals surface area contributed by atoms with Gasteiger partial charge in [-0.15, -0.1) is 0 Å². The van der Waals surface area contributed by atoms with E-state index >= 15 is 0 Å². The maximum absolute atomic E-state index is 12.2. The Bertz CT molecular complexity index is 4210. The molecule has 0 aromatic rings. The molecule has 32 fully saturated rings. The number of amides is 6. The molecule has 32 bridgehead atoms. The van der Waals surface area contributed by atoms with E-state index in [0.717, 1.165) is 271 Å². The van der Waals surface area contributed by atoms with Gasteiger partial charge in [0.05, 0.1) is 13.4 Å². The van der Waals surface area contributed by atoms with Gasteiger partial charge in [0.15, 0.2) is 0 Å². The summed E-state index contributed by atoms with van der Waals surface area (Å²) in [6.07, 6.45) is 51.1. The number of urea groups is 1. The van der Waals surface area contributed by atoms with Crippen molar-refractivity contribution in [2.24, 2.45) is 270 Å². The smallest absolute Gasteiger partial charge is 0.407 e. The fourth-order valence-electron chi connectivity index (χ4n) is 44.7. The number of aliphatic hydroxyl groups excluding tert-OH is 1. The van der Waals surface area contributed by atoms with E-state index in [4.69, 9.17) is 21.3 Å². The van der Waals surface area contributed by atoms with Gasteiger partial charge in [-0.1, -0.05) is 111 Å². The average molecular weight is 1930 g/mol. The van der Waals surface area contributed by atoms with Crippen LogP contribution in [-0.4, -0.2) is 107 Å². The van der Waals surface area contributed by atoms with Crippen LogP contribution in [0.3, 0.4) is 0 Å². The van der Waals surface area contributed by atoms with Crippen LogP contribution in [0.25, 0.3) is 0 Å². The van der Waals surface area contributed by atoms with Crippen molar-refractivity contribution in [1.29, 1.82) is 0 Å². The molecule has 6 amide bonds. The van der Waals surface area contributed by atoms with Crippen LogP contribution in [0.15, 0.2) is 0 Å². The first kappa shape index (κ1) is 104. The number of aliphatic hydroxyl groups is 1. The summed E-state index contributed by atoms with van der Waals surface area (Å²) in [6, 6.07) is -0.326. The number of hydrogen-bond donors (Lipinski definition) is 10. The summed E-state index contributed by atoms with van der Waals surface area (Å²) in [7, 11) is -3.38. The summed E-state index contributed by atoms with van der Waals surface area (Å²) in [6.45, 7) is 39.9. The predicted molar refractivity (Wildman–Crippen MR) is 543 cm³/mol.